The minimum Gasteiger partial charge on any atom is -0.400 e. The van der Waals surface area contributed by atoms with E-state index in [2.05, 4.69) is 4.74 Å². The minimum atomic E-state index is -5.02. The molecule has 0 saturated carbocycles. The van der Waals surface area contributed by atoms with Crippen LogP contribution in [0.1, 0.15) is 6.92 Å². The molecule has 0 heterocycles. The number of para-hydroxylation sites is 1. The second-order valence-corrected chi connectivity index (χ2v) is 2.85. The summed E-state index contributed by atoms with van der Waals surface area (Å²) in [6, 6.07) is 3.06. The summed E-state index contributed by atoms with van der Waals surface area (Å²) in [5, 5.41) is 2.03. The van der Waals surface area contributed by atoms with Gasteiger partial charge in [0.1, 0.15) is 0 Å². The summed E-state index contributed by atoms with van der Waals surface area (Å²) in [6.45, 7) is 1.09. The summed E-state index contributed by atoms with van der Waals surface area (Å²) < 4.78 is 52.3. The van der Waals surface area contributed by atoms with E-state index in [4.69, 9.17) is 0 Å². The third kappa shape index (κ3) is 3.41. The van der Waals surface area contributed by atoms with Gasteiger partial charge in [-0.3, -0.25) is 4.79 Å². The highest BCUT2D eigenvalue weighted by molar-refractivity contribution is 5.90. The summed E-state index contributed by atoms with van der Waals surface area (Å²) >= 11 is 0. The minimum absolute atomic E-state index is 0.371. The van der Waals surface area contributed by atoms with Gasteiger partial charge in [0, 0.05) is 6.92 Å². The van der Waals surface area contributed by atoms with Gasteiger partial charge in [-0.15, -0.1) is 13.2 Å². The quantitative estimate of drug-likeness (QED) is 0.803. The number of hydrogen-bond donors (Lipinski definition) is 1. The van der Waals surface area contributed by atoms with Gasteiger partial charge in [0.2, 0.25) is 5.91 Å². The molecule has 0 aliphatic heterocycles. The smallest absolute Gasteiger partial charge is 0.400 e. The molecule has 0 atom stereocenters. The molecule has 0 bridgehead atoms. The van der Waals surface area contributed by atoms with Crippen LogP contribution < -0.4 is 10.1 Å². The largest absolute Gasteiger partial charge is 0.573 e. The standard InChI is InChI=1S/C9H7F4NO2/c1-5(15)14-7-4-2-3-6(10)8(7)16-9(11,12)13/h2-4H,1H3,(H,14,15). The zero-order valence-corrected chi connectivity index (χ0v) is 8.06. The molecule has 0 saturated heterocycles. The number of amides is 1. The van der Waals surface area contributed by atoms with Crippen LogP contribution in [0.5, 0.6) is 5.75 Å². The highest BCUT2D eigenvalue weighted by atomic mass is 19.4. The lowest BCUT2D eigenvalue weighted by Gasteiger charge is -2.13. The first kappa shape index (κ1) is 12.3. The molecule has 0 radical (unpaired) electrons. The van der Waals surface area contributed by atoms with E-state index in [1.165, 1.54) is 0 Å². The highest BCUT2D eigenvalue weighted by Gasteiger charge is 2.33. The Bertz CT molecular complexity index is 403. The molecule has 3 nitrogen and oxygen atoms in total. The van der Waals surface area contributed by atoms with E-state index in [9.17, 15) is 22.4 Å². The Kier molecular flexibility index (Phi) is 3.36. The van der Waals surface area contributed by atoms with Crippen molar-refractivity contribution in [3.05, 3.63) is 24.0 Å². The zero-order valence-electron chi connectivity index (χ0n) is 8.06. The number of alkyl halides is 3. The molecular formula is C9H7F4NO2. The van der Waals surface area contributed by atoms with Gasteiger partial charge < -0.3 is 10.1 Å². The number of rotatable bonds is 2. The third-order valence-corrected chi connectivity index (χ3v) is 1.50. The van der Waals surface area contributed by atoms with Gasteiger partial charge in [-0.05, 0) is 12.1 Å². The van der Waals surface area contributed by atoms with Gasteiger partial charge in [0.15, 0.2) is 11.6 Å². The van der Waals surface area contributed by atoms with Crippen LogP contribution in [0.15, 0.2) is 18.2 Å². The van der Waals surface area contributed by atoms with E-state index in [1.54, 1.807) is 0 Å². The van der Waals surface area contributed by atoms with Crippen molar-refractivity contribution in [2.75, 3.05) is 5.32 Å². The van der Waals surface area contributed by atoms with Crippen LogP contribution in [0.3, 0.4) is 0 Å². The van der Waals surface area contributed by atoms with Crippen LogP contribution in [0, 0.1) is 5.82 Å². The van der Waals surface area contributed by atoms with Crippen molar-refractivity contribution in [2.45, 2.75) is 13.3 Å². The molecule has 7 heteroatoms. The maximum Gasteiger partial charge on any atom is 0.573 e. The van der Waals surface area contributed by atoms with Crippen molar-refractivity contribution in [1.29, 1.82) is 0 Å². The summed E-state index contributed by atoms with van der Waals surface area (Å²) in [5.74, 6) is -2.88. The summed E-state index contributed by atoms with van der Waals surface area (Å²) in [5.41, 5.74) is -0.371. The molecule has 0 fully saturated rings. The Morgan fingerprint density at radius 2 is 2.00 bits per heavy atom. The molecule has 0 aliphatic carbocycles. The van der Waals surface area contributed by atoms with Gasteiger partial charge in [-0.2, -0.15) is 0 Å². The molecule has 0 aliphatic rings. The third-order valence-electron chi connectivity index (χ3n) is 1.50. The number of hydrogen-bond acceptors (Lipinski definition) is 2. The summed E-state index contributed by atoms with van der Waals surface area (Å²) in [4.78, 5) is 10.7. The van der Waals surface area contributed by atoms with Gasteiger partial charge in [-0.25, -0.2) is 4.39 Å². The van der Waals surface area contributed by atoms with Crippen molar-refractivity contribution in [3.63, 3.8) is 0 Å². The monoisotopic (exact) mass is 237 g/mol. The maximum atomic E-state index is 13.1. The van der Waals surface area contributed by atoms with Crippen molar-refractivity contribution in [1.82, 2.24) is 0 Å². The lowest BCUT2D eigenvalue weighted by molar-refractivity contribution is -0.275. The van der Waals surface area contributed by atoms with Crippen LogP contribution in [-0.4, -0.2) is 12.3 Å². The van der Waals surface area contributed by atoms with Gasteiger partial charge in [0.05, 0.1) is 5.69 Å². The fourth-order valence-corrected chi connectivity index (χ4v) is 1.02. The van der Waals surface area contributed by atoms with E-state index < -0.39 is 23.8 Å². The van der Waals surface area contributed by atoms with Crippen molar-refractivity contribution in [3.8, 4) is 5.75 Å². The topological polar surface area (TPSA) is 38.3 Å². The van der Waals surface area contributed by atoms with E-state index in [0.29, 0.717) is 0 Å². The lowest BCUT2D eigenvalue weighted by Crippen LogP contribution is -2.19. The van der Waals surface area contributed by atoms with E-state index in [-0.39, 0.29) is 5.69 Å². The van der Waals surface area contributed by atoms with Crippen molar-refractivity contribution in [2.24, 2.45) is 0 Å². The predicted molar refractivity (Wildman–Crippen MR) is 47.4 cm³/mol. The Balaban J connectivity index is 3.08. The Labute approximate surface area is 88.0 Å². The maximum absolute atomic E-state index is 13.1. The van der Waals surface area contributed by atoms with Crippen molar-refractivity contribution >= 4 is 11.6 Å². The second kappa shape index (κ2) is 4.38. The molecule has 0 spiro atoms. The van der Waals surface area contributed by atoms with Crippen LogP contribution in [0.25, 0.3) is 0 Å². The molecule has 1 aromatic rings. The first-order valence-electron chi connectivity index (χ1n) is 4.11. The zero-order chi connectivity index (χ0) is 12.3. The Morgan fingerprint density at radius 3 is 2.50 bits per heavy atom. The molecule has 0 unspecified atom stereocenters. The van der Waals surface area contributed by atoms with E-state index in [0.717, 1.165) is 25.1 Å². The number of benzene rings is 1. The van der Waals surface area contributed by atoms with Gasteiger partial charge in [-0.1, -0.05) is 6.07 Å². The number of carbonyl (C=O) groups is 1. The van der Waals surface area contributed by atoms with Gasteiger partial charge in [0.25, 0.3) is 0 Å². The molecule has 1 amide bonds. The average Bonchev–Trinajstić information content (AvgIpc) is 2.08. The Morgan fingerprint density at radius 1 is 1.38 bits per heavy atom. The summed E-state index contributed by atoms with van der Waals surface area (Å²) in [6.07, 6.45) is -5.02. The molecule has 16 heavy (non-hydrogen) atoms. The number of ether oxygens (including phenoxy) is 1. The molecule has 1 aromatic carbocycles. The average molecular weight is 237 g/mol. The lowest BCUT2D eigenvalue weighted by atomic mass is 10.3. The first-order valence-corrected chi connectivity index (χ1v) is 4.11. The van der Waals surface area contributed by atoms with Crippen LogP contribution in [0.2, 0.25) is 0 Å². The number of halogens is 4. The summed E-state index contributed by atoms with van der Waals surface area (Å²) in [7, 11) is 0. The van der Waals surface area contributed by atoms with E-state index in [1.807, 2.05) is 5.32 Å². The Hall–Kier alpha value is -1.79. The fourth-order valence-electron chi connectivity index (χ4n) is 1.02. The molecule has 1 N–H and O–H groups in total. The SMILES string of the molecule is CC(=O)Nc1cccc(F)c1OC(F)(F)F. The second-order valence-electron chi connectivity index (χ2n) is 2.85. The van der Waals surface area contributed by atoms with E-state index >= 15 is 0 Å². The van der Waals surface area contributed by atoms with Crippen LogP contribution in [0.4, 0.5) is 23.2 Å². The molecular weight excluding hydrogens is 230 g/mol. The van der Waals surface area contributed by atoms with Crippen LogP contribution in [-0.2, 0) is 4.79 Å². The molecule has 1 rings (SSSR count). The van der Waals surface area contributed by atoms with Crippen molar-refractivity contribution < 1.29 is 27.1 Å². The number of carbonyl (C=O) groups excluding carboxylic acids is 1. The number of anilines is 1. The molecule has 0 aromatic heterocycles. The molecule has 88 valence electrons. The first-order chi connectivity index (χ1) is 7.29. The predicted octanol–water partition coefficient (Wildman–Crippen LogP) is 2.68. The highest BCUT2D eigenvalue weighted by Crippen LogP contribution is 2.32. The van der Waals surface area contributed by atoms with Crippen LogP contribution >= 0.6 is 0 Å². The normalized spacial score (nSPS) is 11.1. The number of nitrogens with one attached hydrogen (secondary N) is 1. The van der Waals surface area contributed by atoms with Gasteiger partial charge >= 0.3 is 6.36 Å². The fraction of sp³-hybridized carbons (Fsp3) is 0.222.